The van der Waals surface area contributed by atoms with Crippen LogP contribution in [0.1, 0.15) is 59.8 Å². The van der Waals surface area contributed by atoms with E-state index in [1.54, 1.807) is 0 Å². The minimum atomic E-state index is -0.560. The van der Waals surface area contributed by atoms with Gasteiger partial charge < -0.3 is 5.11 Å². The molecule has 0 spiro atoms. The van der Waals surface area contributed by atoms with E-state index in [1.807, 2.05) is 13.0 Å². The lowest BCUT2D eigenvalue weighted by molar-refractivity contribution is 0.0346. The minimum absolute atomic E-state index is 0.431. The Balaban J connectivity index is 2.20. The summed E-state index contributed by atoms with van der Waals surface area (Å²) < 4.78 is 0. The summed E-state index contributed by atoms with van der Waals surface area (Å²) >= 11 is 0. The molecule has 0 unspecified atom stereocenters. The van der Waals surface area contributed by atoms with Crippen molar-refractivity contribution in [2.75, 3.05) is 0 Å². The highest BCUT2D eigenvalue weighted by molar-refractivity contribution is 5.12. The fourth-order valence-corrected chi connectivity index (χ4v) is 3.69. The molecular formula is C15H26O. The molecule has 0 aliphatic heterocycles. The molecule has 16 heavy (non-hydrogen) atoms. The lowest BCUT2D eigenvalue weighted by atomic mass is 9.59. The SMILES string of the molecule is CC1(C)CCC[C@@]1(C)[C@@H]1C=C[C@](C)(O)CC1. The quantitative estimate of drug-likeness (QED) is 0.667. The van der Waals surface area contributed by atoms with Crippen LogP contribution in [0.2, 0.25) is 0 Å². The topological polar surface area (TPSA) is 20.2 Å². The normalized spacial score (nSPS) is 47.2. The first-order valence-corrected chi connectivity index (χ1v) is 6.69. The van der Waals surface area contributed by atoms with Crippen molar-refractivity contribution in [2.24, 2.45) is 16.7 Å². The van der Waals surface area contributed by atoms with E-state index in [1.165, 1.54) is 19.3 Å². The molecule has 0 bridgehead atoms. The van der Waals surface area contributed by atoms with Crippen LogP contribution < -0.4 is 0 Å². The highest BCUT2D eigenvalue weighted by atomic mass is 16.3. The molecule has 0 heterocycles. The van der Waals surface area contributed by atoms with Crippen LogP contribution in [0.4, 0.5) is 0 Å². The lowest BCUT2D eigenvalue weighted by Gasteiger charge is -2.46. The predicted octanol–water partition coefficient (Wildman–Crippen LogP) is 3.92. The lowest BCUT2D eigenvalue weighted by Crippen LogP contribution is -2.39. The van der Waals surface area contributed by atoms with Gasteiger partial charge in [0, 0.05) is 0 Å². The first kappa shape index (κ1) is 12.2. The first-order valence-electron chi connectivity index (χ1n) is 6.69. The Bertz CT molecular complexity index is 301. The molecule has 0 radical (unpaired) electrons. The van der Waals surface area contributed by atoms with Gasteiger partial charge >= 0.3 is 0 Å². The second-order valence-electron chi connectivity index (χ2n) is 7.02. The van der Waals surface area contributed by atoms with Crippen molar-refractivity contribution in [1.29, 1.82) is 0 Å². The molecule has 1 N–H and O–H groups in total. The molecule has 92 valence electrons. The van der Waals surface area contributed by atoms with Crippen LogP contribution >= 0.6 is 0 Å². The zero-order valence-corrected chi connectivity index (χ0v) is 11.2. The van der Waals surface area contributed by atoms with Crippen molar-refractivity contribution in [3.05, 3.63) is 12.2 Å². The maximum atomic E-state index is 9.96. The molecule has 0 amide bonds. The summed E-state index contributed by atoms with van der Waals surface area (Å²) in [6.07, 6.45) is 10.4. The van der Waals surface area contributed by atoms with Gasteiger partial charge in [0.1, 0.15) is 0 Å². The second kappa shape index (κ2) is 3.60. The molecule has 1 fully saturated rings. The largest absolute Gasteiger partial charge is 0.386 e. The summed E-state index contributed by atoms with van der Waals surface area (Å²) in [6, 6.07) is 0. The van der Waals surface area contributed by atoms with Crippen molar-refractivity contribution in [2.45, 2.75) is 65.4 Å². The molecule has 1 saturated carbocycles. The summed E-state index contributed by atoms with van der Waals surface area (Å²) in [5.41, 5.74) is 0.320. The zero-order chi connectivity index (χ0) is 12.0. The number of aliphatic hydroxyl groups is 1. The van der Waals surface area contributed by atoms with Gasteiger partial charge in [-0.3, -0.25) is 0 Å². The predicted molar refractivity (Wildman–Crippen MR) is 68.2 cm³/mol. The molecule has 1 nitrogen and oxygen atoms in total. The van der Waals surface area contributed by atoms with Crippen LogP contribution in [0.25, 0.3) is 0 Å². The third kappa shape index (κ3) is 1.84. The summed E-state index contributed by atoms with van der Waals surface area (Å²) in [6.45, 7) is 9.21. The molecule has 1 heteroatoms. The number of hydrogen-bond acceptors (Lipinski definition) is 1. The average Bonchev–Trinajstić information content (AvgIpc) is 2.42. The first-order chi connectivity index (χ1) is 7.27. The average molecular weight is 222 g/mol. The van der Waals surface area contributed by atoms with Gasteiger partial charge in [-0.05, 0) is 49.4 Å². The summed E-state index contributed by atoms with van der Waals surface area (Å²) in [5, 5.41) is 9.96. The Labute approximate surface area is 99.9 Å². The van der Waals surface area contributed by atoms with Gasteiger partial charge in [-0.1, -0.05) is 39.3 Å². The van der Waals surface area contributed by atoms with Gasteiger partial charge in [0.25, 0.3) is 0 Å². The Hall–Kier alpha value is -0.300. The third-order valence-corrected chi connectivity index (χ3v) is 5.51. The van der Waals surface area contributed by atoms with Gasteiger partial charge in [0.15, 0.2) is 0 Å². The molecule has 0 aromatic heterocycles. The number of rotatable bonds is 1. The van der Waals surface area contributed by atoms with Crippen molar-refractivity contribution < 1.29 is 5.11 Å². The van der Waals surface area contributed by atoms with E-state index >= 15 is 0 Å². The van der Waals surface area contributed by atoms with E-state index in [-0.39, 0.29) is 0 Å². The molecule has 2 aliphatic rings. The molecular weight excluding hydrogens is 196 g/mol. The number of allylic oxidation sites excluding steroid dienone is 1. The summed E-state index contributed by atoms with van der Waals surface area (Å²) in [5.74, 6) is 0.658. The molecule has 0 saturated heterocycles. The maximum absolute atomic E-state index is 9.96. The van der Waals surface area contributed by atoms with Crippen molar-refractivity contribution >= 4 is 0 Å². The van der Waals surface area contributed by atoms with Crippen LogP contribution in [0.15, 0.2) is 12.2 Å². The highest BCUT2D eigenvalue weighted by Gasteiger charge is 2.49. The standard InChI is InChI=1S/C15H26O/c1-13(2)8-5-9-15(13,4)12-6-10-14(3,16)11-7-12/h6,10,12,16H,5,7-9,11H2,1-4H3/t12-,14+,15+/m1/s1. The monoisotopic (exact) mass is 222 g/mol. The van der Waals surface area contributed by atoms with Gasteiger partial charge in [-0.25, -0.2) is 0 Å². The summed E-state index contributed by atoms with van der Waals surface area (Å²) in [7, 11) is 0. The van der Waals surface area contributed by atoms with Crippen LogP contribution in [0, 0.1) is 16.7 Å². The van der Waals surface area contributed by atoms with Gasteiger partial charge in [-0.15, -0.1) is 0 Å². The Morgan fingerprint density at radius 3 is 2.19 bits per heavy atom. The molecule has 2 aliphatic carbocycles. The molecule has 0 aromatic rings. The van der Waals surface area contributed by atoms with Crippen LogP contribution in [-0.4, -0.2) is 10.7 Å². The van der Waals surface area contributed by atoms with Gasteiger partial charge in [0.05, 0.1) is 5.60 Å². The van der Waals surface area contributed by atoms with Crippen LogP contribution in [0.3, 0.4) is 0 Å². The fraction of sp³-hybridized carbons (Fsp3) is 0.867. The summed E-state index contributed by atoms with van der Waals surface area (Å²) in [4.78, 5) is 0. The highest BCUT2D eigenvalue weighted by Crippen LogP contribution is 2.58. The zero-order valence-electron chi connectivity index (χ0n) is 11.2. The van der Waals surface area contributed by atoms with E-state index in [2.05, 4.69) is 26.8 Å². The van der Waals surface area contributed by atoms with Crippen molar-refractivity contribution in [3.63, 3.8) is 0 Å². The van der Waals surface area contributed by atoms with E-state index in [0.717, 1.165) is 12.8 Å². The minimum Gasteiger partial charge on any atom is -0.386 e. The van der Waals surface area contributed by atoms with E-state index in [9.17, 15) is 5.11 Å². The van der Waals surface area contributed by atoms with E-state index in [4.69, 9.17) is 0 Å². The number of hydrogen-bond donors (Lipinski definition) is 1. The molecule has 3 atom stereocenters. The Morgan fingerprint density at radius 1 is 1.06 bits per heavy atom. The fourth-order valence-electron chi connectivity index (χ4n) is 3.69. The maximum Gasteiger partial charge on any atom is 0.0800 e. The second-order valence-corrected chi connectivity index (χ2v) is 7.02. The van der Waals surface area contributed by atoms with Crippen LogP contribution in [-0.2, 0) is 0 Å². The third-order valence-electron chi connectivity index (χ3n) is 5.51. The van der Waals surface area contributed by atoms with E-state index < -0.39 is 5.60 Å². The Kier molecular flexibility index (Phi) is 2.73. The van der Waals surface area contributed by atoms with E-state index in [0.29, 0.717) is 16.7 Å². The van der Waals surface area contributed by atoms with Crippen molar-refractivity contribution in [3.8, 4) is 0 Å². The van der Waals surface area contributed by atoms with Crippen molar-refractivity contribution in [1.82, 2.24) is 0 Å². The van der Waals surface area contributed by atoms with Crippen LogP contribution in [0.5, 0.6) is 0 Å². The molecule has 0 aromatic carbocycles. The smallest absolute Gasteiger partial charge is 0.0800 e. The Morgan fingerprint density at radius 2 is 1.75 bits per heavy atom. The molecule has 2 rings (SSSR count). The van der Waals surface area contributed by atoms with Gasteiger partial charge in [-0.2, -0.15) is 0 Å². The van der Waals surface area contributed by atoms with Gasteiger partial charge in [0.2, 0.25) is 0 Å².